The topological polar surface area (TPSA) is 105 Å². The van der Waals surface area contributed by atoms with E-state index in [-0.39, 0.29) is 17.9 Å². The third kappa shape index (κ3) is 5.35. The van der Waals surface area contributed by atoms with Gasteiger partial charge in [-0.1, -0.05) is 42.5 Å². The molecule has 0 radical (unpaired) electrons. The fourth-order valence-corrected chi connectivity index (χ4v) is 1.96. The zero-order chi connectivity index (χ0) is 18.2. The second-order valence-corrected chi connectivity index (χ2v) is 5.22. The standard InChI is InChI=1S/C18H18N2O5/c1-12(25-17(23)14-9-5-6-10-15(14)21)16(22)20-18(24)19-11-13-7-3-2-4-8-13/h2-10,12,21H,11H2,1H3,(H2,19,20,22,24)/t12-/m1/s1. The minimum atomic E-state index is -1.20. The third-order valence-electron chi connectivity index (χ3n) is 3.31. The van der Waals surface area contributed by atoms with Crippen molar-refractivity contribution in [1.29, 1.82) is 0 Å². The van der Waals surface area contributed by atoms with Gasteiger partial charge in [-0.25, -0.2) is 9.59 Å². The number of benzene rings is 2. The Bertz CT molecular complexity index is 761. The van der Waals surface area contributed by atoms with E-state index >= 15 is 0 Å². The zero-order valence-electron chi connectivity index (χ0n) is 13.6. The molecule has 0 spiro atoms. The highest BCUT2D eigenvalue weighted by Crippen LogP contribution is 2.17. The number of nitrogens with one attached hydrogen (secondary N) is 2. The minimum Gasteiger partial charge on any atom is -0.507 e. The maximum absolute atomic E-state index is 11.9. The van der Waals surface area contributed by atoms with Crippen LogP contribution in [0.1, 0.15) is 22.8 Å². The van der Waals surface area contributed by atoms with Crippen LogP contribution < -0.4 is 10.6 Å². The van der Waals surface area contributed by atoms with E-state index in [0.29, 0.717) is 0 Å². The van der Waals surface area contributed by atoms with Crippen LogP contribution in [0.4, 0.5) is 4.79 Å². The summed E-state index contributed by atoms with van der Waals surface area (Å²) in [5.74, 6) is -1.87. The van der Waals surface area contributed by atoms with Crippen molar-refractivity contribution in [2.75, 3.05) is 0 Å². The molecular formula is C18H18N2O5. The molecule has 0 saturated carbocycles. The van der Waals surface area contributed by atoms with Crippen molar-refractivity contribution < 1.29 is 24.2 Å². The highest BCUT2D eigenvalue weighted by molar-refractivity contribution is 5.99. The molecule has 3 amide bonds. The molecular weight excluding hydrogens is 324 g/mol. The highest BCUT2D eigenvalue weighted by atomic mass is 16.5. The number of phenolic OH excluding ortho intramolecular Hbond substituents is 1. The van der Waals surface area contributed by atoms with E-state index in [1.807, 2.05) is 30.3 Å². The lowest BCUT2D eigenvalue weighted by atomic mass is 10.2. The van der Waals surface area contributed by atoms with E-state index < -0.39 is 24.0 Å². The normalized spacial score (nSPS) is 11.2. The summed E-state index contributed by atoms with van der Waals surface area (Å²) in [6.45, 7) is 1.59. The number of hydrogen-bond donors (Lipinski definition) is 3. The molecule has 0 bridgehead atoms. The number of esters is 1. The van der Waals surface area contributed by atoms with Crippen LogP contribution in [0.25, 0.3) is 0 Å². The van der Waals surface area contributed by atoms with Gasteiger partial charge in [-0.3, -0.25) is 10.1 Å². The molecule has 7 nitrogen and oxygen atoms in total. The molecule has 2 rings (SSSR count). The van der Waals surface area contributed by atoms with Gasteiger partial charge in [0, 0.05) is 6.54 Å². The van der Waals surface area contributed by atoms with Crippen LogP contribution in [0.2, 0.25) is 0 Å². The monoisotopic (exact) mass is 342 g/mol. The fraction of sp³-hybridized carbons (Fsp3) is 0.167. The number of carbonyl (C=O) groups excluding carboxylic acids is 3. The number of aromatic hydroxyl groups is 1. The van der Waals surface area contributed by atoms with E-state index in [0.717, 1.165) is 5.56 Å². The number of imide groups is 1. The number of hydrogen-bond acceptors (Lipinski definition) is 5. The molecule has 2 aromatic rings. The van der Waals surface area contributed by atoms with Gasteiger partial charge < -0.3 is 15.2 Å². The fourth-order valence-electron chi connectivity index (χ4n) is 1.96. The van der Waals surface area contributed by atoms with Crippen molar-refractivity contribution in [2.45, 2.75) is 19.6 Å². The second-order valence-electron chi connectivity index (χ2n) is 5.22. The van der Waals surface area contributed by atoms with Crippen LogP contribution in [-0.4, -0.2) is 29.1 Å². The summed E-state index contributed by atoms with van der Waals surface area (Å²) in [5.41, 5.74) is 0.819. The summed E-state index contributed by atoms with van der Waals surface area (Å²) in [6, 6.07) is 14.3. The molecule has 0 aliphatic rings. The summed E-state index contributed by atoms with van der Waals surface area (Å²) in [5, 5.41) is 14.2. The molecule has 1 atom stereocenters. The molecule has 2 aromatic carbocycles. The summed E-state index contributed by atoms with van der Waals surface area (Å²) in [6.07, 6.45) is -1.20. The third-order valence-corrected chi connectivity index (χ3v) is 3.31. The maximum atomic E-state index is 11.9. The first-order valence-electron chi connectivity index (χ1n) is 7.59. The molecule has 3 N–H and O–H groups in total. The summed E-state index contributed by atoms with van der Waals surface area (Å²) in [4.78, 5) is 35.5. The summed E-state index contributed by atoms with van der Waals surface area (Å²) in [7, 11) is 0. The van der Waals surface area contributed by atoms with Crippen molar-refractivity contribution in [3.63, 3.8) is 0 Å². The zero-order valence-corrected chi connectivity index (χ0v) is 13.6. The van der Waals surface area contributed by atoms with Crippen molar-refractivity contribution in [2.24, 2.45) is 0 Å². The smallest absolute Gasteiger partial charge is 0.342 e. The van der Waals surface area contributed by atoms with Crippen LogP contribution in [-0.2, 0) is 16.1 Å². The van der Waals surface area contributed by atoms with Crippen LogP contribution in [0.3, 0.4) is 0 Å². The second kappa shape index (κ2) is 8.49. The molecule has 0 aliphatic heterocycles. The number of para-hydroxylation sites is 1. The molecule has 0 heterocycles. The average molecular weight is 342 g/mol. The predicted octanol–water partition coefficient (Wildman–Crippen LogP) is 1.96. The Kier molecular flexibility index (Phi) is 6.11. The first kappa shape index (κ1) is 18.0. The van der Waals surface area contributed by atoms with Crippen molar-refractivity contribution in [3.05, 3.63) is 65.7 Å². The largest absolute Gasteiger partial charge is 0.507 e. The van der Waals surface area contributed by atoms with Crippen LogP contribution in [0.15, 0.2) is 54.6 Å². The number of ether oxygens (including phenoxy) is 1. The van der Waals surface area contributed by atoms with Gasteiger partial charge >= 0.3 is 12.0 Å². The first-order chi connectivity index (χ1) is 12.0. The number of carbonyl (C=O) groups is 3. The molecule has 7 heteroatoms. The lowest BCUT2D eigenvalue weighted by Crippen LogP contribution is -2.44. The number of amides is 3. The van der Waals surface area contributed by atoms with E-state index in [1.165, 1.54) is 19.1 Å². The molecule has 25 heavy (non-hydrogen) atoms. The SMILES string of the molecule is C[C@@H](OC(=O)c1ccccc1O)C(=O)NC(=O)NCc1ccccc1. The summed E-state index contributed by atoms with van der Waals surface area (Å²) < 4.78 is 4.95. The van der Waals surface area contributed by atoms with E-state index in [4.69, 9.17) is 4.74 Å². The van der Waals surface area contributed by atoms with Gasteiger partial charge in [0.1, 0.15) is 11.3 Å². The number of phenols is 1. The van der Waals surface area contributed by atoms with Crippen molar-refractivity contribution in [1.82, 2.24) is 10.6 Å². The van der Waals surface area contributed by atoms with Crippen LogP contribution in [0.5, 0.6) is 5.75 Å². The first-order valence-corrected chi connectivity index (χ1v) is 7.59. The number of rotatable bonds is 5. The quantitative estimate of drug-likeness (QED) is 0.721. The van der Waals surface area contributed by atoms with E-state index in [1.54, 1.807) is 12.1 Å². The van der Waals surface area contributed by atoms with E-state index in [2.05, 4.69) is 10.6 Å². The Labute approximate surface area is 144 Å². The van der Waals surface area contributed by atoms with Gasteiger partial charge in [0.15, 0.2) is 6.10 Å². The van der Waals surface area contributed by atoms with Gasteiger partial charge in [-0.05, 0) is 24.6 Å². The van der Waals surface area contributed by atoms with Crippen LogP contribution >= 0.6 is 0 Å². The predicted molar refractivity (Wildman–Crippen MR) is 89.8 cm³/mol. The molecule has 0 unspecified atom stereocenters. The maximum Gasteiger partial charge on any atom is 0.342 e. The van der Waals surface area contributed by atoms with Gasteiger partial charge in [0.25, 0.3) is 5.91 Å². The van der Waals surface area contributed by atoms with Crippen molar-refractivity contribution >= 4 is 17.9 Å². The molecule has 0 fully saturated rings. The lowest BCUT2D eigenvalue weighted by Gasteiger charge is -2.13. The Hall–Kier alpha value is -3.35. The van der Waals surface area contributed by atoms with Gasteiger partial charge in [0.2, 0.25) is 0 Å². The summed E-state index contributed by atoms with van der Waals surface area (Å²) >= 11 is 0. The number of urea groups is 1. The van der Waals surface area contributed by atoms with Gasteiger partial charge in [-0.2, -0.15) is 0 Å². The van der Waals surface area contributed by atoms with Gasteiger partial charge in [-0.15, -0.1) is 0 Å². The Morgan fingerprint density at radius 2 is 1.68 bits per heavy atom. The Morgan fingerprint density at radius 1 is 1.04 bits per heavy atom. The Morgan fingerprint density at radius 3 is 2.36 bits per heavy atom. The molecule has 0 saturated heterocycles. The minimum absolute atomic E-state index is 0.0596. The van der Waals surface area contributed by atoms with Gasteiger partial charge in [0.05, 0.1) is 0 Å². The molecule has 0 aliphatic carbocycles. The lowest BCUT2D eigenvalue weighted by molar-refractivity contribution is -0.127. The van der Waals surface area contributed by atoms with Crippen molar-refractivity contribution in [3.8, 4) is 5.75 Å². The van der Waals surface area contributed by atoms with E-state index in [9.17, 15) is 19.5 Å². The van der Waals surface area contributed by atoms with Crippen LogP contribution in [0, 0.1) is 0 Å². The molecule has 130 valence electrons. The average Bonchev–Trinajstić information content (AvgIpc) is 2.61. The highest BCUT2D eigenvalue weighted by Gasteiger charge is 2.22. The Balaban J connectivity index is 1.82. The molecule has 0 aromatic heterocycles.